The third kappa shape index (κ3) is 7.13. The van der Waals surface area contributed by atoms with Crippen LogP contribution in [0.3, 0.4) is 0 Å². The second kappa shape index (κ2) is 10.2. The Morgan fingerprint density at radius 1 is 0.850 bits per heavy atom. The SMILES string of the molecule is CCC\C=C(C)/C(=C\C=C(/C)C(N)=O)C(/C)=C/CCC. The molecule has 0 aromatic rings. The van der Waals surface area contributed by atoms with E-state index >= 15 is 0 Å². The molecule has 0 radical (unpaired) electrons. The number of hydrogen-bond donors (Lipinski definition) is 1. The summed E-state index contributed by atoms with van der Waals surface area (Å²) in [5, 5.41) is 0. The maximum atomic E-state index is 11.1. The quantitative estimate of drug-likeness (QED) is 0.500. The molecule has 0 heterocycles. The molecule has 0 aliphatic rings. The van der Waals surface area contributed by atoms with Crippen molar-refractivity contribution in [2.75, 3.05) is 0 Å². The van der Waals surface area contributed by atoms with Crippen molar-refractivity contribution in [3.05, 3.63) is 46.6 Å². The molecular weight excluding hydrogens is 246 g/mol. The van der Waals surface area contributed by atoms with E-state index in [1.54, 1.807) is 6.92 Å². The molecule has 0 aliphatic carbocycles. The first-order valence-electron chi connectivity index (χ1n) is 7.46. The lowest BCUT2D eigenvalue weighted by Crippen LogP contribution is -2.11. The van der Waals surface area contributed by atoms with Gasteiger partial charge in [-0.25, -0.2) is 0 Å². The minimum Gasteiger partial charge on any atom is -0.366 e. The van der Waals surface area contributed by atoms with Crippen molar-refractivity contribution in [1.82, 2.24) is 0 Å². The van der Waals surface area contributed by atoms with Crippen molar-refractivity contribution in [2.24, 2.45) is 5.73 Å². The van der Waals surface area contributed by atoms with Gasteiger partial charge in [-0.05, 0) is 50.3 Å². The second-order valence-corrected chi connectivity index (χ2v) is 5.15. The first-order chi connectivity index (χ1) is 9.43. The molecule has 0 saturated heterocycles. The van der Waals surface area contributed by atoms with Gasteiger partial charge in [-0.1, -0.05) is 51.0 Å². The average Bonchev–Trinajstić information content (AvgIpc) is 2.42. The first-order valence-corrected chi connectivity index (χ1v) is 7.46. The van der Waals surface area contributed by atoms with Crippen LogP contribution in [-0.4, -0.2) is 5.91 Å². The van der Waals surface area contributed by atoms with Gasteiger partial charge < -0.3 is 5.73 Å². The highest BCUT2D eigenvalue weighted by molar-refractivity contribution is 5.91. The summed E-state index contributed by atoms with van der Waals surface area (Å²) in [4.78, 5) is 11.1. The number of unbranched alkanes of at least 4 members (excludes halogenated alkanes) is 2. The number of carbonyl (C=O) groups excluding carboxylic acids is 1. The molecule has 0 fully saturated rings. The molecule has 112 valence electrons. The van der Waals surface area contributed by atoms with E-state index in [4.69, 9.17) is 5.73 Å². The van der Waals surface area contributed by atoms with Crippen molar-refractivity contribution >= 4 is 5.91 Å². The fourth-order valence-electron chi connectivity index (χ4n) is 1.81. The van der Waals surface area contributed by atoms with Gasteiger partial charge in [-0.2, -0.15) is 0 Å². The Balaban J connectivity index is 5.42. The van der Waals surface area contributed by atoms with Gasteiger partial charge in [0.1, 0.15) is 0 Å². The standard InChI is InChI=1S/C18H29NO/c1-6-8-10-14(3)17(15(4)11-9-7-2)13-12-16(5)18(19)20/h10-13H,6-9H2,1-5H3,(H2,19,20)/b14-10-,15-11+,16-12+,17-13+. The average molecular weight is 275 g/mol. The Labute approximate surface area is 124 Å². The van der Waals surface area contributed by atoms with Gasteiger partial charge in [0.15, 0.2) is 0 Å². The number of nitrogens with two attached hydrogens (primary N) is 1. The van der Waals surface area contributed by atoms with Crippen LogP contribution >= 0.6 is 0 Å². The van der Waals surface area contributed by atoms with Gasteiger partial charge in [0, 0.05) is 5.57 Å². The molecule has 0 unspecified atom stereocenters. The van der Waals surface area contributed by atoms with Crippen molar-refractivity contribution in [3.63, 3.8) is 0 Å². The minimum absolute atomic E-state index is 0.369. The maximum absolute atomic E-state index is 11.1. The molecule has 2 nitrogen and oxygen atoms in total. The highest BCUT2D eigenvalue weighted by Gasteiger charge is 2.03. The first kappa shape index (κ1) is 18.4. The molecule has 0 spiro atoms. The zero-order chi connectivity index (χ0) is 15.5. The van der Waals surface area contributed by atoms with Crippen molar-refractivity contribution < 1.29 is 4.79 Å². The zero-order valence-electron chi connectivity index (χ0n) is 13.6. The van der Waals surface area contributed by atoms with Gasteiger partial charge in [0.05, 0.1) is 0 Å². The summed E-state index contributed by atoms with van der Waals surface area (Å²) in [6.45, 7) is 10.3. The molecule has 1 amide bonds. The number of primary amides is 1. The third-order valence-electron chi connectivity index (χ3n) is 3.22. The van der Waals surface area contributed by atoms with E-state index in [9.17, 15) is 4.79 Å². The summed E-state index contributed by atoms with van der Waals surface area (Å²) in [7, 11) is 0. The smallest absolute Gasteiger partial charge is 0.244 e. The highest BCUT2D eigenvalue weighted by Crippen LogP contribution is 2.21. The second-order valence-electron chi connectivity index (χ2n) is 5.15. The zero-order valence-corrected chi connectivity index (χ0v) is 13.6. The molecule has 0 aromatic heterocycles. The summed E-state index contributed by atoms with van der Waals surface area (Å²) < 4.78 is 0. The fourth-order valence-corrected chi connectivity index (χ4v) is 1.81. The van der Waals surface area contributed by atoms with E-state index in [1.807, 2.05) is 12.2 Å². The molecule has 0 aliphatic heterocycles. The monoisotopic (exact) mass is 275 g/mol. The van der Waals surface area contributed by atoms with Crippen LogP contribution in [0.2, 0.25) is 0 Å². The Morgan fingerprint density at radius 2 is 1.30 bits per heavy atom. The maximum Gasteiger partial charge on any atom is 0.244 e. The molecule has 0 aromatic carbocycles. The van der Waals surface area contributed by atoms with E-state index in [-0.39, 0.29) is 5.91 Å². The Kier molecular flexibility index (Phi) is 9.44. The van der Waals surface area contributed by atoms with Crippen LogP contribution in [0.5, 0.6) is 0 Å². The summed E-state index contributed by atoms with van der Waals surface area (Å²) in [6.07, 6.45) is 12.7. The summed E-state index contributed by atoms with van der Waals surface area (Å²) in [5.41, 5.74) is 9.54. The number of rotatable bonds is 8. The van der Waals surface area contributed by atoms with E-state index in [2.05, 4.69) is 39.8 Å². The largest absolute Gasteiger partial charge is 0.366 e. The van der Waals surface area contributed by atoms with Crippen LogP contribution in [-0.2, 0) is 4.79 Å². The van der Waals surface area contributed by atoms with Gasteiger partial charge in [-0.15, -0.1) is 0 Å². The number of allylic oxidation sites excluding steroid dienone is 7. The molecular formula is C18H29NO. The van der Waals surface area contributed by atoms with E-state index in [0.29, 0.717) is 5.57 Å². The Hall–Kier alpha value is -1.57. The molecule has 0 bridgehead atoms. The van der Waals surface area contributed by atoms with E-state index in [0.717, 1.165) is 25.7 Å². The van der Waals surface area contributed by atoms with Crippen molar-refractivity contribution in [3.8, 4) is 0 Å². The Morgan fingerprint density at radius 3 is 1.65 bits per heavy atom. The normalized spacial score (nSPS) is 14.7. The van der Waals surface area contributed by atoms with Gasteiger partial charge in [0.2, 0.25) is 5.91 Å². The lowest BCUT2D eigenvalue weighted by Gasteiger charge is -2.09. The van der Waals surface area contributed by atoms with E-state index < -0.39 is 0 Å². The van der Waals surface area contributed by atoms with Crippen LogP contribution in [0.1, 0.15) is 60.3 Å². The third-order valence-corrected chi connectivity index (χ3v) is 3.22. The van der Waals surface area contributed by atoms with Gasteiger partial charge in [0.25, 0.3) is 0 Å². The van der Waals surface area contributed by atoms with Gasteiger partial charge in [-0.3, -0.25) is 4.79 Å². The minimum atomic E-state index is -0.369. The fraction of sp³-hybridized carbons (Fsp3) is 0.500. The lowest BCUT2D eigenvalue weighted by atomic mass is 9.97. The van der Waals surface area contributed by atoms with Crippen LogP contribution in [0.15, 0.2) is 46.6 Å². The molecule has 2 heteroatoms. The number of hydrogen-bond acceptors (Lipinski definition) is 1. The highest BCUT2D eigenvalue weighted by atomic mass is 16.1. The lowest BCUT2D eigenvalue weighted by molar-refractivity contribution is -0.114. The Bertz CT molecular complexity index is 412. The topological polar surface area (TPSA) is 43.1 Å². The molecule has 0 rings (SSSR count). The van der Waals surface area contributed by atoms with Crippen LogP contribution in [0, 0.1) is 0 Å². The molecule has 2 N–H and O–H groups in total. The summed E-state index contributed by atoms with van der Waals surface area (Å²) in [5.74, 6) is -0.369. The van der Waals surface area contributed by atoms with Gasteiger partial charge >= 0.3 is 0 Å². The molecule has 0 atom stereocenters. The molecule has 20 heavy (non-hydrogen) atoms. The van der Waals surface area contributed by atoms with E-state index in [1.165, 1.54) is 16.7 Å². The predicted octanol–water partition coefficient (Wildman–Crippen LogP) is 4.84. The summed E-state index contributed by atoms with van der Waals surface area (Å²) in [6, 6.07) is 0. The van der Waals surface area contributed by atoms with Crippen molar-refractivity contribution in [2.45, 2.75) is 60.3 Å². The van der Waals surface area contributed by atoms with Crippen LogP contribution in [0.4, 0.5) is 0 Å². The van der Waals surface area contributed by atoms with Crippen LogP contribution in [0.25, 0.3) is 0 Å². The molecule has 0 saturated carbocycles. The summed E-state index contributed by atoms with van der Waals surface area (Å²) >= 11 is 0. The van der Waals surface area contributed by atoms with Crippen molar-refractivity contribution in [1.29, 1.82) is 0 Å². The number of amides is 1. The number of carbonyl (C=O) groups is 1. The van der Waals surface area contributed by atoms with Crippen LogP contribution < -0.4 is 5.73 Å². The predicted molar refractivity (Wildman–Crippen MR) is 88.4 cm³/mol.